The van der Waals surface area contributed by atoms with E-state index in [0.29, 0.717) is 11.7 Å². The number of benzene rings is 1. The number of tetrazole rings is 1. The van der Waals surface area contributed by atoms with Crippen LogP contribution in [0.3, 0.4) is 0 Å². The first-order chi connectivity index (χ1) is 12.2. The molecule has 1 amide bonds. The fourth-order valence-electron chi connectivity index (χ4n) is 2.12. The third-order valence-corrected chi connectivity index (χ3v) is 5.27. The van der Waals surface area contributed by atoms with E-state index >= 15 is 0 Å². The van der Waals surface area contributed by atoms with Crippen LogP contribution in [0.1, 0.15) is 12.7 Å². The second-order valence-corrected chi connectivity index (χ2v) is 7.30. The van der Waals surface area contributed by atoms with Crippen molar-refractivity contribution in [3.05, 3.63) is 48.4 Å². The van der Waals surface area contributed by atoms with E-state index in [-0.39, 0.29) is 11.2 Å². The molecular formula is C16H17N5O2S2. The quantitative estimate of drug-likeness (QED) is 0.635. The van der Waals surface area contributed by atoms with Crippen LogP contribution in [0.25, 0.3) is 0 Å². The fraction of sp³-hybridized carbons (Fsp3) is 0.250. The van der Waals surface area contributed by atoms with Crippen molar-refractivity contribution >= 4 is 35.1 Å². The standard InChI is InChI=1S/C16H17N5O2S2/c1-11(15(22)17-13-7-3-4-8-14(13)24-2)25-16-18-19-20-21(16)10-12-6-5-9-23-12/h3-9,11H,10H2,1-2H3,(H,17,22). The predicted molar refractivity (Wildman–Crippen MR) is 97.8 cm³/mol. The Hall–Kier alpha value is -2.26. The van der Waals surface area contributed by atoms with Crippen molar-refractivity contribution in [3.63, 3.8) is 0 Å². The maximum Gasteiger partial charge on any atom is 0.237 e. The second kappa shape index (κ2) is 8.21. The van der Waals surface area contributed by atoms with Crippen molar-refractivity contribution in [2.75, 3.05) is 11.6 Å². The van der Waals surface area contributed by atoms with E-state index in [9.17, 15) is 4.79 Å². The van der Waals surface area contributed by atoms with Gasteiger partial charge in [0.1, 0.15) is 12.3 Å². The van der Waals surface area contributed by atoms with Crippen molar-refractivity contribution in [2.24, 2.45) is 0 Å². The van der Waals surface area contributed by atoms with Gasteiger partial charge in [-0.15, -0.1) is 16.9 Å². The van der Waals surface area contributed by atoms with Gasteiger partial charge in [0, 0.05) is 4.90 Å². The summed E-state index contributed by atoms with van der Waals surface area (Å²) in [4.78, 5) is 13.5. The average molecular weight is 375 g/mol. The predicted octanol–water partition coefficient (Wildman–Crippen LogP) is 3.16. The number of nitrogens with one attached hydrogen (secondary N) is 1. The van der Waals surface area contributed by atoms with Crippen LogP contribution in [0.2, 0.25) is 0 Å². The number of nitrogens with zero attached hydrogens (tertiary/aromatic N) is 4. The molecule has 0 saturated heterocycles. The number of rotatable bonds is 7. The Morgan fingerprint density at radius 1 is 1.32 bits per heavy atom. The van der Waals surface area contributed by atoms with E-state index in [4.69, 9.17) is 4.42 Å². The van der Waals surface area contributed by atoms with E-state index in [1.165, 1.54) is 11.8 Å². The summed E-state index contributed by atoms with van der Waals surface area (Å²) in [6, 6.07) is 11.4. The van der Waals surface area contributed by atoms with Gasteiger partial charge in [0.25, 0.3) is 0 Å². The number of carbonyl (C=O) groups excluding carboxylic acids is 1. The summed E-state index contributed by atoms with van der Waals surface area (Å²) in [5.74, 6) is 0.652. The number of carbonyl (C=O) groups is 1. The van der Waals surface area contributed by atoms with Gasteiger partial charge in [0.15, 0.2) is 0 Å². The van der Waals surface area contributed by atoms with Crippen molar-refractivity contribution < 1.29 is 9.21 Å². The van der Waals surface area contributed by atoms with Crippen LogP contribution >= 0.6 is 23.5 Å². The zero-order chi connectivity index (χ0) is 17.6. The van der Waals surface area contributed by atoms with Gasteiger partial charge in [-0.25, -0.2) is 4.68 Å². The molecule has 25 heavy (non-hydrogen) atoms. The van der Waals surface area contributed by atoms with Gasteiger partial charge in [0.05, 0.1) is 17.2 Å². The van der Waals surface area contributed by atoms with Gasteiger partial charge in [-0.3, -0.25) is 4.79 Å². The topological polar surface area (TPSA) is 85.8 Å². The van der Waals surface area contributed by atoms with Crippen LogP contribution in [0.15, 0.2) is 57.1 Å². The van der Waals surface area contributed by atoms with Crippen LogP contribution in [-0.4, -0.2) is 37.6 Å². The average Bonchev–Trinajstić information content (AvgIpc) is 3.28. The first-order valence-corrected chi connectivity index (χ1v) is 9.67. The summed E-state index contributed by atoms with van der Waals surface area (Å²) in [5, 5.41) is 14.8. The first kappa shape index (κ1) is 17.6. The Kier molecular flexibility index (Phi) is 5.77. The number of aromatic nitrogens is 4. The Balaban J connectivity index is 1.65. The number of hydrogen-bond acceptors (Lipinski definition) is 7. The zero-order valence-electron chi connectivity index (χ0n) is 13.7. The Bertz CT molecular complexity index is 835. The summed E-state index contributed by atoms with van der Waals surface area (Å²) in [7, 11) is 0. The zero-order valence-corrected chi connectivity index (χ0v) is 15.4. The number of amides is 1. The minimum absolute atomic E-state index is 0.0981. The molecule has 0 radical (unpaired) electrons. The van der Waals surface area contributed by atoms with Crippen LogP contribution in [0, 0.1) is 0 Å². The molecule has 0 aliphatic heterocycles. The van der Waals surface area contributed by atoms with Gasteiger partial charge >= 0.3 is 0 Å². The van der Waals surface area contributed by atoms with E-state index in [2.05, 4.69) is 20.8 Å². The Morgan fingerprint density at radius 2 is 2.16 bits per heavy atom. The number of hydrogen-bond donors (Lipinski definition) is 1. The highest BCUT2D eigenvalue weighted by Gasteiger charge is 2.20. The Labute approximate surface area is 153 Å². The molecule has 0 spiro atoms. The highest BCUT2D eigenvalue weighted by atomic mass is 32.2. The molecule has 7 nitrogen and oxygen atoms in total. The number of furan rings is 1. The van der Waals surface area contributed by atoms with Crippen LogP contribution in [0.4, 0.5) is 5.69 Å². The smallest absolute Gasteiger partial charge is 0.237 e. The summed E-state index contributed by atoms with van der Waals surface area (Å²) in [5.41, 5.74) is 0.808. The maximum atomic E-state index is 12.5. The third-order valence-electron chi connectivity index (χ3n) is 3.40. The number of thioether (sulfide) groups is 2. The summed E-state index contributed by atoms with van der Waals surface area (Å²) < 4.78 is 6.93. The van der Waals surface area contributed by atoms with Crippen molar-refractivity contribution in [1.82, 2.24) is 20.2 Å². The minimum Gasteiger partial charge on any atom is -0.467 e. The molecule has 1 atom stereocenters. The van der Waals surface area contributed by atoms with E-state index in [1.54, 1.807) is 22.7 Å². The lowest BCUT2D eigenvalue weighted by molar-refractivity contribution is -0.115. The number of anilines is 1. The minimum atomic E-state index is -0.351. The first-order valence-electron chi connectivity index (χ1n) is 7.56. The summed E-state index contributed by atoms with van der Waals surface area (Å²) >= 11 is 2.90. The maximum absolute atomic E-state index is 12.5. The number of para-hydroxylation sites is 1. The van der Waals surface area contributed by atoms with Crippen LogP contribution in [0.5, 0.6) is 0 Å². The van der Waals surface area contributed by atoms with E-state index in [0.717, 1.165) is 16.3 Å². The lowest BCUT2D eigenvalue weighted by Gasteiger charge is -2.13. The molecule has 0 fully saturated rings. The molecule has 3 rings (SSSR count). The van der Waals surface area contributed by atoms with Gasteiger partial charge in [-0.1, -0.05) is 23.9 Å². The molecule has 1 aromatic carbocycles. The fourth-order valence-corrected chi connectivity index (χ4v) is 3.47. The van der Waals surface area contributed by atoms with E-state index < -0.39 is 0 Å². The molecule has 9 heteroatoms. The molecule has 3 aromatic rings. The van der Waals surface area contributed by atoms with Crippen LogP contribution < -0.4 is 5.32 Å². The van der Waals surface area contributed by atoms with Crippen molar-refractivity contribution in [1.29, 1.82) is 0 Å². The molecule has 1 N–H and O–H groups in total. The molecule has 0 bridgehead atoms. The molecular weight excluding hydrogens is 358 g/mol. The van der Waals surface area contributed by atoms with Gasteiger partial charge in [-0.05, 0) is 47.9 Å². The second-order valence-electron chi connectivity index (χ2n) is 5.15. The van der Waals surface area contributed by atoms with Gasteiger partial charge in [-0.2, -0.15) is 0 Å². The monoisotopic (exact) mass is 375 g/mol. The van der Waals surface area contributed by atoms with Gasteiger partial charge in [0.2, 0.25) is 11.1 Å². The van der Waals surface area contributed by atoms with Crippen molar-refractivity contribution in [2.45, 2.75) is 28.8 Å². The van der Waals surface area contributed by atoms with Gasteiger partial charge < -0.3 is 9.73 Å². The third kappa shape index (κ3) is 4.43. The highest BCUT2D eigenvalue weighted by molar-refractivity contribution is 8.00. The largest absolute Gasteiger partial charge is 0.467 e. The molecule has 0 aliphatic carbocycles. The molecule has 0 aliphatic rings. The van der Waals surface area contributed by atoms with Crippen LogP contribution in [-0.2, 0) is 11.3 Å². The SMILES string of the molecule is CSc1ccccc1NC(=O)C(C)Sc1nnnn1Cc1ccco1. The molecule has 1 unspecified atom stereocenters. The molecule has 130 valence electrons. The van der Waals surface area contributed by atoms with E-state index in [1.807, 2.05) is 49.6 Å². The highest BCUT2D eigenvalue weighted by Crippen LogP contribution is 2.27. The molecule has 2 aromatic heterocycles. The summed E-state index contributed by atoms with van der Waals surface area (Å²) in [6.07, 6.45) is 3.58. The lowest BCUT2D eigenvalue weighted by atomic mass is 10.3. The van der Waals surface area contributed by atoms with Crippen molar-refractivity contribution in [3.8, 4) is 0 Å². The Morgan fingerprint density at radius 3 is 2.92 bits per heavy atom. The normalized spacial score (nSPS) is 12.1. The summed E-state index contributed by atoms with van der Waals surface area (Å²) in [6.45, 7) is 2.25. The molecule has 2 heterocycles. The lowest BCUT2D eigenvalue weighted by Crippen LogP contribution is -2.23. The molecule has 0 saturated carbocycles.